The predicted molar refractivity (Wildman–Crippen MR) is 74.4 cm³/mol. The number of nitrogens with zero attached hydrogens (tertiary/aromatic N) is 3. The Morgan fingerprint density at radius 3 is 2.60 bits per heavy atom. The molecule has 1 aromatic rings. The van der Waals surface area contributed by atoms with Crippen molar-refractivity contribution in [2.24, 2.45) is 0 Å². The van der Waals surface area contributed by atoms with Crippen LogP contribution in [0.15, 0.2) is 18.5 Å². The minimum atomic E-state index is -0.779. The van der Waals surface area contributed by atoms with Gasteiger partial charge in [-0.1, -0.05) is 6.42 Å². The molecule has 7 heteroatoms. The molecule has 0 unspecified atom stereocenters. The van der Waals surface area contributed by atoms with Crippen molar-refractivity contribution in [1.29, 1.82) is 0 Å². The van der Waals surface area contributed by atoms with Gasteiger partial charge in [0.2, 0.25) is 11.9 Å². The van der Waals surface area contributed by atoms with Gasteiger partial charge in [0.15, 0.2) is 0 Å². The van der Waals surface area contributed by atoms with E-state index in [2.05, 4.69) is 15.3 Å². The number of likely N-dealkylation sites (N-methyl/N-ethyl adjacent to an activating group) is 1. The minimum Gasteiger partial charge on any atom is -0.481 e. The van der Waals surface area contributed by atoms with E-state index >= 15 is 0 Å². The first kappa shape index (κ1) is 15.9. The van der Waals surface area contributed by atoms with E-state index in [0.717, 1.165) is 12.8 Å². The molecule has 0 atom stereocenters. The quantitative estimate of drug-likeness (QED) is 0.646. The van der Waals surface area contributed by atoms with Crippen LogP contribution in [-0.4, -0.2) is 47.1 Å². The third kappa shape index (κ3) is 6.67. The maximum atomic E-state index is 11.7. The molecule has 1 aromatic heterocycles. The van der Waals surface area contributed by atoms with Gasteiger partial charge in [-0.2, -0.15) is 0 Å². The van der Waals surface area contributed by atoms with E-state index in [4.69, 9.17) is 5.11 Å². The summed E-state index contributed by atoms with van der Waals surface area (Å²) in [5.74, 6) is -0.374. The molecule has 1 rings (SSSR count). The molecule has 0 aliphatic carbocycles. The molecule has 0 bridgehead atoms. The van der Waals surface area contributed by atoms with Crippen molar-refractivity contribution < 1.29 is 14.7 Å². The Balaban J connectivity index is 2.13. The molecule has 20 heavy (non-hydrogen) atoms. The normalized spacial score (nSPS) is 10.1. The number of carbonyl (C=O) groups excluding carboxylic acids is 1. The number of carbonyl (C=O) groups is 2. The van der Waals surface area contributed by atoms with Crippen molar-refractivity contribution in [2.45, 2.75) is 25.7 Å². The van der Waals surface area contributed by atoms with Crippen LogP contribution in [0, 0.1) is 0 Å². The summed E-state index contributed by atoms with van der Waals surface area (Å²) in [5, 5.41) is 11.3. The number of amides is 1. The fraction of sp³-hybridized carbons (Fsp3) is 0.538. The van der Waals surface area contributed by atoms with Crippen molar-refractivity contribution in [2.75, 3.05) is 25.0 Å². The lowest BCUT2D eigenvalue weighted by Crippen LogP contribution is -2.36. The molecule has 110 valence electrons. The highest BCUT2D eigenvalue weighted by atomic mass is 16.4. The summed E-state index contributed by atoms with van der Waals surface area (Å²) in [6.07, 6.45) is 5.65. The summed E-state index contributed by atoms with van der Waals surface area (Å²) in [4.78, 5) is 31.7. The van der Waals surface area contributed by atoms with Gasteiger partial charge in [0.1, 0.15) is 0 Å². The molecule has 0 aliphatic heterocycles. The molecule has 0 saturated carbocycles. The lowest BCUT2D eigenvalue weighted by atomic mass is 10.2. The third-order valence-electron chi connectivity index (χ3n) is 2.66. The Hall–Kier alpha value is -2.18. The number of aromatic nitrogens is 2. The first-order valence-electron chi connectivity index (χ1n) is 6.56. The van der Waals surface area contributed by atoms with Gasteiger partial charge in [0, 0.05) is 32.4 Å². The van der Waals surface area contributed by atoms with Gasteiger partial charge in [0.25, 0.3) is 0 Å². The van der Waals surface area contributed by atoms with Crippen LogP contribution in [0.1, 0.15) is 25.7 Å². The number of hydrogen-bond acceptors (Lipinski definition) is 5. The van der Waals surface area contributed by atoms with E-state index < -0.39 is 5.97 Å². The highest BCUT2D eigenvalue weighted by Crippen LogP contribution is 2.01. The number of nitrogens with one attached hydrogen (secondary N) is 1. The molecule has 0 spiro atoms. The molecule has 0 radical (unpaired) electrons. The average molecular weight is 280 g/mol. The second-order valence-corrected chi connectivity index (χ2v) is 4.46. The highest BCUT2D eigenvalue weighted by Gasteiger charge is 2.08. The smallest absolute Gasteiger partial charge is 0.303 e. The highest BCUT2D eigenvalue weighted by molar-refractivity contribution is 5.80. The lowest BCUT2D eigenvalue weighted by Gasteiger charge is -2.15. The van der Waals surface area contributed by atoms with Gasteiger partial charge in [0.05, 0.1) is 6.54 Å². The number of anilines is 1. The monoisotopic (exact) mass is 280 g/mol. The third-order valence-corrected chi connectivity index (χ3v) is 2.66. The lowest BCUT2D eigenvalue weighted by molar-refractivity contribution is -0.137. The van der Waals surface area contributed by atoms with E-state index in [-0.39, 0.29) is 18.9 Å². The maximum Gasteiger partial charge on any atom is 0.303 e. The topological polar surface area (TPSA) is 95.4 Å². The molecule has 1 amide bonds. The van der Waals surface area contributed by atoms with Gasteiger partial charge < -0.3 is 15.3 Å². The van der Waals surface area contributed by atoms with Gasteiger partial charge in [-0.05, 0) is 18.9 Å². The van der Waals surface area contributed by atoms with Crippen LogP contribution in [-0.2, 0) is 9.59 Å². The van der Waals surface area contributed by atoms with Crippen LogP contribution < -0.4 is 10.2 Å². The second-order valence-electron chi connectivity index (χ2n) is 4.46. The Kier molecular flexibility index (Phi) is 7.02. The summed E-state index contributed by atoms with van der Waals surface area (Å²) in [6.45, 7) is 0.751. The predicted octanol–water partition coefficient (Wildman–Crippen LogP) is 0.674. The Morgan fingerprint density at radius 2 is 1.95 bits per heavy atom. The zero-order valence-electron chi connectivity index (χ0n) is 11.6. The summed E-state index contributed by atoms with van der Waals surface area (Å²) < 4.78 is 0. The van der Waals surface area contributed by atoms with Crippen LogP contribution in [0.5, 0.6) is 0 Å². The van der Waals surface area contributed by atoms with Crippen LogP contribution in [0.4, 0.5) is 5.95 Å². The average Bonchev–Trinajstić information content (AvgIpc) is 2.43. The number of carboxylic acid groups (broad SMARTS) is 1. The van der Waals surface area contributed by atoms with E-state index in [0.29, 0.717) is 18.9 Å². The van der Waals surface area contributed by atoms with E-state index in [1.807, 2.05) is 0 Å². The van der Waals surface area contributed by atoms with E-state index in [1.54, 1.807) is 30.4 Å². The van der Waals surface area contributed by atoms with Crippen LogP contribution in [0.25, 0.3) is 0 Å². The van der Waals surface area contributed by atoms with Crippen molar-refractivity contribution in [3.05, 3.63) is 18.5 Å². The molecular formula is C13H20N4O3. The summed E-state index contributed by atoms with van der Waals surface area (Å²) in [6, 6.07) is 1.72. The molecule has 0 aliphatic rings. The molecule has 0 fully saturated rings. The van der Waals surface area contributed by atoms with E-state index in [9.17, 15) is 9.59 Å². The maximum absolute atomic E-state index is 11.7. The van der Waals surface area contributed by atoms with Crippen molar-refractivity contribution in [1.82, 2.24) is 15.3 Å². The van der Waals surface area contributed by atoms with Gasteiger partial charge >= 0.3 is 5.97 Å². The minimum absolute atomic E-state index is 0.0989. The molecule has 7 nitrogen and oxygen atoms in total. The first-order chi connectivity index (χ1) is 9.59. The summed E-state index contributed by atoms with van der Waals surface area (Å²) >= 11 is 0. The van der Waals surface area contributed by atoms with Gasteiger partial charge in [-0.3, -0.25) is 9.59 Å². The van der Waals surface area contributed by atoms with Crippen LogP contribution in [0.3, 0.4) is 0 Å². The van der Waals surface area contributed by atoms with Crippen molar-refractivity contribution >= 4 is 17.8 Å². The number of rotatable bonds is 9. The molecule has 2 N–H and O–H groups in total. The van der Waals surface area contributed by atoms with Crippen molar-refractivity contribution in [3.8, 4) is 0 Å². The number of carboxylic acids is 1. The second kappa shape index (κ2) is 8.84. The van der Waals surface area contributed by atoms with Crippen molar-refractivity contribution in [3.63, 3.8) is 0 Å². The standard InChI is InChI=1S/C13H20N4O3/c1-17(13-15-8-5-9-16-13)10-11(18)14-7-4-2-3-6-12(19)20/h5,8-9H,2-4,6-7,10H2,1H3,(H,14,18)(H,19,20). The number of unbranched alkanes of at least 4 members (excludes halogenated alkanes) is 2. The Labute approximate surface area is 118 Å². The molecule has 0 saturated heterocycles. The summed E-state index contributed by atoms with van der Waals surface area (Å²) in [7, 11) is 1.75. The zero-order valence-corrected chi connectivity index (χ0v) is 11.6. The Morgan fingerprint density at radius 1 is 1.25 bits per heavy atom. The number of hydrogen-bond donors (Lipinski definition) is 2. The van der Waals surface area contributed by atoms with Crippen LogP contribution in [0.2, 0.25) is 0 Å². The summed E-state index contributed by atoms with van der Waals surface area (Å²) in [5.41, 5.74) is 0. The fourth-order valence-electron chi connectivity index (χ4n) is 1.64. The van der Waals surface area contributed by atoms with Crippen LogP contribution >= 0.6 is 0 Å². The molecule has 1 heterocycles. The largest absolute Gasteiger partial charge is 0.481 e. The molecule has 0 aromatic carbocycles. The zero-order chi connectivity index (χ0) is 14.8. The van der Waals surface area contributed by atoms with E-state index in [1.165, 1.54) is 0 Å². The first-order valence-corrected chi connectivity index (χ1v) is 6.56. The fourth-order valence-corrected chi connectivity index (χ4v) is 1.64. The molecular weight excluding hydrogens is 260 g/mol. The van der Waals surface area contributed by atoms with Gasteiger partial charge in [-0.25, -0.2) is 9.97 Å². The van der Waals surface area contributed by atoms with Gasteiger partial charge in [-0.15, -0.1) is 0 Å². The Bertz CT molecular complexity index is 425. The SMILES string of the molecule is CN(CC(=O)NCCCCCC(=O)O)c1ncccn1. The number of aliphatic carboxylic acids is 1.